The van der Waals surface area contributed by atoms with Gasteiger partial charge in [-0.15, -0.1) is 5.10 Å². The van der Waals surface area contributed by atoms with Crippen molar-refractivity contribution in [3.8, 4) is 0 Å². The maximum absolute atomic E-state index is 9.81. The standard InChI is InChI=1S/C4H4N2OS/c7-2-1-4-3-8-6-5-4/h2-3H,1H2. The molecule has 0 amide bonds. The SMILES string of the molecule is O=CCc1csnn1. The number of rotatable bonds is 2. The van der Waals surface area contributed by atoms with Gasteiger partial charge in [-0.05, 0) is 11.5 Å². The van der Waals surface area contributed by atoms with Gasteiger partial charge in [-0.3, -0.25) is 0 Å². The molecule has 0 aromatic carbocycles. The fourth-order valence-electron chi connectivity index (χ4n) is 0.358. The minimum atomic E-state index is 0.385. The molecule has 0 aliphatic carbocycles. The molecule has 0 aliphatic rings. The Morgan fingerprint density at radius 1 is 1.88 bits per heavy atom. The molecule has 0 unspecified atom stereocenters. The van der Waals surface area contributed by atoms with Crippen LogP contribution in [0.1, 0.15) is 5.69 Å². The molecule has 0 fully saturated rings. The third-order valence-corrected chi connectivity index (χ3v) is 1.25. The summed E-state index contributed by atoms with van der Waals surface area (Å²) in [6, 6.07) is 0. The maximum atomic E-state index is 9.81. The summed E-state index contributed by atoms with van der Waals surface area (Å²) in [6.45, 7) is 0. The van der Waals surface area contributed by atoms with E-state index in [4.69, 9.17) is 0 Å². The van der Waals surface area contributed by atoms with Crippen LogP contribution in [0, 0.1) is 0 Å². The van der Waals surface area contributed by atoms with Crippen molar-refractivity contribution >= 4 is 17.8 Å². The predicted octanol–water partition coefficient (Wildman–Crippen LogP) is 0.279. The Kier molecular flexibility index (Phi) is 1.69. The van der Waals surface area contributed by atoms with Gasteiger partial charge in [-0.25, -0.2) is 0 Å². The number of hydrogen-bond donors (Lipinski definition) is 0. The van der Waals surface area contributed by atoms with Gasteiger partial charge in [0.15, 0.2) is 0 Å². The van der Waals surface area contributed by atoms with E-state index in [0.717, 1.165) is 12.0 Å². The number of hydrogen-bond acceptors (Lipinski definition) is 4. The fourth-order valence-corrected chi connectivity index (χ4v) is 0.823. The molecular weight excluding hydrogens is 124 g/mol. The first-order chi connectivity index (χ1) is 3.93. The second-order valence-electron chi connectivity index (χ2n) is 1.27. The van der Waals surface area contributed by atoms with Gasteiger partial charge in [0.2, 0.25) is 0 Å². The lowest BCUT2D eigenvalue weighted by Gasteiger charge is -1.74. The third-order valence-electron chi connectivity index (χ3n) is 0.698. The molecule has 4 heteroatoms. The average Bonchev–Trinajstić information content (AvgIpc) is 2.19. The van der Waals surface area contributed by atoms with Gasteiger partial charge in [0.25, 0.3) is 0 Å². The zero-order chi connectivity index (χ0) is 5.82. The van der Waals surface area contributed by atoms with Gasteiger partial charge in [-0.2, -0.15) is 0 Å². The van der Waals surface area contributed by atoms with Crippen molar-refractivity contribution in [3.05, 3.63) is 11.1 Å². The molecule has 0 saturated heterocycles. The summed E-state index contributed by atoms with van der Waals surface area (Å²) in [5, 5.41) is 5.40. The molecule has 0 atom stereocenters. The quantitative estimate of drug-likeness (QED) is 0.537. The van der Waals surface area contributed by atoms with Crippen molar-refractivity contribution in [1.29, 1.82) is 0 Å². The summed E-state index contributed by atoms with van der Waals surface area (Å²) in [7, 11) is 0. The van der Waals surface area contributed by atoms with E-state index in [0.29, 0.717) is 6.42 Å². The van der Waals surface area contributed by atoms with E-state index >= 15 is 0 Å². The summed E-state index contributed by atoms with van der Waals surface area (Å²) in [4.78, 5) is 9.81. The molecule has 0 radical (unpaired) electrons. The number of aromatic nitrogens is 2. The molecule has 0 spiro atoms. The van der Waals surface area contributed by atoms with Crippen molar-refractivity contribution in [2.75, 3.05) is 0 Å². The molecular formula is C4H4N2OS. The van der Waals surface area contributed by atoms with Crippen LogP contribution in [-0.4, -0.2) is 15.9 Å². The van der Waals surface area contributed by atoms with E-state index in [1.165, 1.54) is 11.5 Å². The Morgan fingerprint density at radius 3 is 3.25 bits per heavy atom. The summed E-state index contributed by atoms with van der Waals surface area (Å²) < 4.78 is 3.57. The first-order valence-electron chi connectivity index (χ1n) is 2.13. The highest BCUT2D eigenvalue weighted by atomic mass is 32.1. The van der Waals surface area contributed by atoms with Crippen LogP contribution in [-0.2, 0) is 11.2 Å². The van der Waals surface area contributed by atoms with Crippen LogP contribution in [0.2, 0.25) is 0 Å². The summed E-state index contributed by atoms with van der Waals surface area (Å²) >= 11 is 1.26. The maximum Gasteiger partial charge on any atom is 0.126 e. The van der Waals surface area contributed by atoms with Crippen LogP contribution in [0.4, 0.5) is 0 Å². The van der Waals surface area contributed by atoms with Gasteiger partial charge in [0.05, 0.1) is 5.69 Å². The second-order valence-corrected chi connectivity index (χ2v) is 1.88. The molecule has 3 nitrogen and oxygen atoms in total. The van der Waals surface area contributed by atoms with Gasteiger partial charge in [0.1, 0.15) is 6.29 Å². The van der Waals surface area contributed by atoms with E-state index in [1.807, 2.05) is 0 Å². The van der Waals surface area contributed by atoms with Gasteiger partial charge < -0.3 is 4.79 Å². The Bertz CT molecular complexity index is 161. The van der Waals surface area contributed by atoms with E-state index in [9.17, 15) is 4.79 Å². The van der Waals surface area contributed by atoms with E-state index < -0.39 is 0 Å². The minimum Gasteiger partial charge on any atom is -0.303 e. The Balaban J connectivity index is 2.62. The molecule has 0 N–H and O–H groups in total. The van der Waals surface area contributed by atoms with Crippen molar-refractivity contribution < 1.29 is 4.79 Å². The molecule has 0 saturated carbocycles. The molecule has 8 heavy (non-hydrogen) atoms. The topological polar surface area (TPSA) is 42.9 Å². The van der Waals surface area contributed by atoms with Gasteiger partial charge in [-0.1, -0.05) is 4.49 Å². The van der Waals surface area contributed by atoms with Crippen LogP contribution < -0.4 is 0 Å². The average molecular weight is 128 g/mol. The molecule has 0 aliphatic heterocycles. The van der Waals surface area contributed by atoms with Crippen molar-refractivity contribution in [1.82, 2.24) is 9.59 Å². The summed E-state index contributed by atoms with van der Waals surface area (Å²) in [6.07, 6.45) is 1.20. The molecule has 0 bridgehead atoms. The Morgan fingerprint density at radius 2 is 2.75 bits per heavy atom. The second kappa shape index (κ2) is 2.52. The van der Waals surface area contributed by atoms with Crippen LogP contribution >= 0.6 is 11.5 Å². The lowest BCUT2D eigenvalue weighted by atomic mass is 10.4. The summed E-state index contributed by atoms with van der Waals surface area (Å²) in [5.74, 6) is 0. The normalized spacial score (nSPS) is 9.00. The highest BCUT2D eigenvalue weighted by Gasteiger charge is 1.90. The van der Waals surface area contributed by atoms with E-state index in [2.05, 4.69) is 9.59 Å². The van der Waals surface area contributed by atoms with Crippen LogP contribution in [0.25, 0.3) is 0 Å². The number of carbonyl (C=O) groups excluding carboxylic acids is 1. The smallest absolute Gasteiger partial charge is 0.126 e. The first kappa shape index (κ1) is 5.37. The third kappa shape index (κ3) is 1.10. The monoisotopic (exact) mass is 128 g/mol. The van der Waals surface area contributed by atoms with E-state index in [1.54, 1.807) is 5.38 Å². The summed E-state index contributed by atoms with van der Waals surface area (Å²) in [5.41, 5.74) is 0.755. The molecule has 1 heterocycles. The zero-order valence-electron chi connectivity index (χ0n) is 4.07. The van der Waals surface area contributed by atoms with Crippen LogP contribution in [0.5, 0.6) is 0 Å². The van der Waals surface area contributed by atoms with Crippen molar-refractivity contribution in [2.24, 2.45) is 0 Å². The van der Waals surface area contributed by atoms with Gasteiger partial charge >= 0.3 is 0 Å². The van der Waals surface area contributed by atoms with Crippen molar-refractivity contribution in [2.45, 2.75) is 6.42 Å². The molecule has 1 aromatic heterocycles. The van der Waals surface area contributed by atoms with Gasteiger partial charge in [0, 0.05) is 11.8 Å². The lowest BCUT2D eigenvalue weighted by molar-refractivity contribution is -0.107. The number of aldehydes is 1. The highest BCUT2D eigenvalue weighted by molar-refractivity contribution is 7.03. The van der Waals surface area contributed by atoms with Crippen molar-refractivity contribution in [3.63, 3.8) is 0 Å². The predicted molar refractivity (Wildman–Crippen MR) is 29.7 cm³/mol. The van der Waals surface area contributed by atoms with E-state index in [-0.39, 0.29) is 0 Å². The Hall–Kier alpha value is -0.770. The lowest BCUT2D eigenvalue weighted by Crippen LogP contribution is -1.83. The molecule has 1 aromatic rings. The number of nitrogens with zero attached hydrogens (tertiary/aromatic N) is 2. The zero-order valence-corrected chi connectivity index (χ0v) is 4.89. The first-order valence-corrected chi connectivity index (χ1v) is 2.96. The molecule has 42 valence electrons. The fraction of sp³-hybridized carbons (Fsp3) is 0.250. The van der Waals surface area contributed by atoms with Crippen LogP contribution in [0.3, 0.4) is 0 Å². The largest absolute Gasteiger partial charge is 0.303 e. The van der Waals surface area contributed by atoms with Crippen LogP contribution in [0.15, 0.2) is 5.38 Å². The minimum absolute atomic E-state index is 0.385. The molecule has 1 rings (SSSR count). The Labute approximate surface area is 50.5 Å². The highest BCUT2D eigenvalue weighted by Crippen LogP contribution is 1.94. The number of carbonyl (C=O) groups is 1.